The lowest BCUT2D eigenvalue weighted by atomic mass is 9.33. The molecular weight excluding hydrogens is 1390 g/mol. The van der Waals surface area contributed by atoms with Gasteiger partial charge in [-0.15, -0.1) is 11.3 Å². The van der Waals surface area contributed by atoms with E-state index >= 15 is 0 Å². The van der Waals surface area contributed by atoms with Crippen molar-refractivity contribution in [1.29, 1.82) is 0 Å². The Hall–Kier alpha value is -12.4. The molecular formula is C106H87BN4OS. The van der Waals surface area contributed by atoms with Crippen molar-refractivity contribution in [3.05, 3.63) is 331 Å². The van der Waals surface area contributed by atoms with Gasteiger partial charge in [0.25, 0.3) is 6.71 Å². The van der Waals surface area contributed by atoms with Crippen molar-refractivity contribution in [1.82, 2.24) is 9.13 Å². The molecule has 0 amide bonds. The third kappa shape index (κ3) is 10.9. The molecule has 113 heavy (non-hydrogen) atoms. The fourth-order valence-electron chi connectivity index (χ4n) is 18.0. The van der Waals surface area contributed by atoms with Crippen LogP contribution >= 0.6 is 11.3 Å². The molecule has 19 aromatic rings. The summed E-state index contributed by atoms with van der Waals surface area (Å²) in [6.07, 6.45) is 0. The van der Waals surface area contributed by atoms with Crippen molar-refractivity contribution in [3.8, 4) is 55.9 Å². The van der Waals surface area contributed by atoms with Gasteiger partial charge in [0.05, 0.1) is 50.1 Å². The van der Waals surface area contributed by atoms with E-state index in [1.165, 1.54) is 42.4 Å². The number of nitrogens with zero attached hydrogens (tertiary/aromatic N) is 4. The molecule has 0 unspecified atom stereocenters. The molecule has 0 aliphatic carbocycles. The van der Waals surface area contributed by atoms with Crippen molar-refractivity contribution in [2.24, 2.45) is 0 Å². The van der Waals surface area contributed by atoms with Crippen LogP contribution < -0.4 is 26.2 Å². The smallest absolute Gasteiger partial charge is 0.252 e. The number of hydrogen-bond donors (Lipinski definition) is 0. The van der Waals surface area contributed by atoms with E-state index in [0.717, 1.165) is 144 Å². The Morgan fingerprint density at radius 2 is 0.805 bits per heavy atom. The maximum absolute atomic E-state index is 9.92. The molecule has 7 heteroatoms. The third-order valence-electron chi connectivity index (χ3n) is 24.0. The molecule has 2 aliphatic heterocycles. The number of aromatic nitrogens is 2. The second kappa shape index (κ2) is 25.0. The van der Waals surface area contributed by atoms with Gasteiger partial charge in [0.2, 0.25) is 0 Å². The molecule has 4 aromatic heterocycles. The topological polar surface area (TPSA) is 29.5 Å². The summed E-state index contributed by atoms with van der Waals surface area (Å²) in [6, 6.07) is 92.0. The average Bonchev–Trinajstić information content (AvgIpc) is 1.60. The van der Waals surface area contributed by atoms with E-state index < -0.39 is 43.0 Å². The number of thiophene rings is 1. The minimum Gasteiger partial charge on any atom is -0.453 e. The summed E-state index contributed by atoms with van der Waals surface area (Å²) in [5.41, 5.74) is 25.3. The molecule has 21 rings (SSSR count). The Balaban J connectivity index is 0.942. The zero-order valence-corrected chi connectivity index (χ0v) is 66.3. The lowest BCUT2D eigenvalue weighted by molar-refractivity contribution is 0.569. The molecule has 0 N–H and O–H groups in total. The first-order chi connectivity index (χ1) is 57.9. The zero-order valence-electron chi connectivity index (χ0n) is 73.5. The maximum atomic E-state index is 9.92. The summed E-state index contributed by atoms with van der Waals surface area (Å²) in [5, 5.41) is 6.65. The van der Waals surface area contributed by atoms with E-state index in [-0.39, 0.29) is 55.6 Å². The molecule has 0 fully saturated rings. The monoisotopic (exact) mass is 1480 g/mol. The molecule has 546 valence electrons. The third-order valence-corrected chi connectivity index (χ3v) is 25.2. The van der Waals surface area contributed by atoms with Gasteiger partial charge >= 0.3 is 0 Å². The fourth-order valence-corrected chi connectivity index (χ4v) is 19.3. The lowest BCUT2D eigenvalue weighted by Crippen LogP contribution is -2.61. The minimum atomic E-state index is -0.535. The first kappa shape index (κ1) is 60.3. The minimum absolute atomic E-state index is 0.00417. The summed E-state index contributed by atoms with van der Waals surface area (Å²) >= 11 is 1.81. The van der Waals surface area contributed by atoms with Gasteiger partial charge in [-0.2, -0.15) is 0 Å². The van der Waals surface area contributed by atoms with E-state index in [2.05, 4.69) is 340 Å². The van der Waals surface area contributed by atoms with Crippen LogP contribution in [0.2, 0.25) is 0 Å². The quantitative estimate of drug-likeness (QED) is 0.142. The number of para-hydroxylation sites is 4. The molecule has 0 bridgehead atoms. The Bertz CT molecular complexity index is 7520. The van der Waals surface area contributed by atoms with E-state index in [9.17, 15) is 8.22 Å². The average molecular weight is 1480 g/mol. The van der Waals surface area contributed by atoms with Crippen molar-refractivity contribution in [2.45, 2.75) is 105 Å². The van der Waals surface area contributed by atoms with Crippen LogP contribution in [0.1, 0.15) is 116 Å². The van der Waals surface area contributed by atoms with E-state index in [0.29, 0.717) is 5.69 Å². The molecule has 0 radical (unpaired) electrons. The van der Waals surface area contributed by atoms with Crippen LogP contribution in [0.15, 0.2) is 314 Å². The highest BCUT2D eigenvalue weighted by Crippen LogP contribution is 2.54. The van der Waals surface area contributed by atoms with Gasteiger partial charge in [-0.25, -0.2) is 0 Å². The first-order valence-corrected chi connectivity index (χ1v) is 40.1. The molecule has 15 aromatic carbocycles. The molecule has 0 spiro atoms. The molecule has 2 aliphatic rings. The fraction of sp³-hybridized carbons (Fsp3) is 0.151. The van der Waals surface area contributed by atoms with Gasteiger partial charge < -0.3 is 23.4 Å². The Labute approximate surface area is 676 Å². The van der Waals surface area contributed by atoms with Crippen molar-refractivity contribution < 1.29 is 15.4 Å². The van der Waals surface area contributed by atoms with Gasteiger partial charge in [0, 0.05) is 97.6 Å². The highest BCUT2D eigenvalue weighted by Gasteiger charge is 2.46. The van der Waals surface area contributed by atoms with Crippen molar-refractivity contribution in [3.63, 3.8) is 0 Å². The normalized spacial score (nSPS) is 14.2. The van der Waals surface area contributed by atoms with E-state index in [1.54, 1.807) is 4.57 Å². The van der Waals surface area contributed by atoms with Crippen molar-refractivity contribution >= 4 is 154 Å². The summed E-state index contributed by atoms with van der Waals surface area (Å²) in [6.45, 7) is 26.9. The van der Waals surface area contributed by atoms with Crippen LogP contribution in [-0.2, 0) is 21.7 Å². The zero-order chi connectivity index (χ0) is 83.8. The van der Waals surface area contributed by atoms with Crippen LogP contribution in [0.5, 0.6) is 0 Å². The SMILES string of the molecule is [2H]c1c([2H])c([2H])c2c(c1[2H])c1c([2H])c([2H])c([2H])c([2H])c1n2-c1ccc2c(c1)N(c1ccc(-c3ccccc3)cc1-c1ccccc1)c1cc(-n3c4ccc(C(C)(C)C)cc4c4cc(C(C)(C)C)ccc43)cc3c1B2c1ccc(-c2cc(C(C)(C)C)cc(C(C)(C)C)c2)cc1N3c1cccc2c1oc1c(-c3cccc4c3sc3ccccc34)cccc12. The first-order valence-electron chi connectivity index (χ1n) is 43.3. The van der Waals surface area contributed by atoms with Crippen LogP contribution in [-0.4, -0.2) is 15.8 Å². The van der Waals surface area contributed by atoms with Crippen LogP contribution in [0.25, 0.3) is 142 Å². The number of benzene rings is 15. The van der Waals surface area contributed by atoms with Crippen LogP contribution in [0, 0.1) is 0 Å². The van der Waals surface area contributed by atoms with E-state index in [1.807, 2.05) is 29.5 Å². The maximum Gasteiger partial charge on any atom is 0.252 e. The second-order valence-corrected chi connectivity index (χ2v) is 36.1. The van der Waals surface area contributed by atoms with Gasteiger partial charge in [-0.05, 0) is 179 Å². The second-order valence-electron chi connectivity index (χ2n) is 35.1. The lowest BCUT2D eigenvalue weighted by Gasteiger charge is -2.45. The molecule has 0 saturated carbocycles. The summed E-state index contributed by atoms with van der Waals surface area (Å²) in [5.74, 6) is 0. The van der Waals surface area contributed by atoms with Gasteiger partial charge in [0.1, 0.15) is 5.58 Å². The van der Waals surface area contributed by atoms with Crippen molar-refractivity contribution in [2.75, 3.05) is 9.80 Å². The number of furan rings is 1. The van der Waals surface area contributed by atoms with E-state index in [4.69, 9.17) is 7.16 Å². The largest absolute Gasteiger partial charge is 0.453 e. The number of anilines is 6. The number of fused-ring (bicyclic) bond motifs is 16. The predicted octanol–water partition coefficient (Wildman–Crippen LogP) is 28.1. The van der Waals surface area contributed by atoms with Gasteiger partial charge in [-0.1, -0.05) is 301 Å². The highest BCUT2D eigenvalue weighted by molar-refractivity contribution is 7.26. The number of rotatable bonds is 8. The van der Waals surface area contributed by atoms with Crippen LogP contribution in [0.3, 0.4) is 0 Å². The Morgan fingerprint density at radius 1 is 0.301 bits per heavy atom. The molecule has 0 atom stereocenters. The van der Waals surface area contributed by atoms with Crippen LogP contribution in [0.4, 0.5) is 34.1 Å². The molecule has 6 heterocycles. The summed E-state index contributed by atoms with van der Waals surface area (Å²) in [7, 11) is 0. The summed E-state index contributed by atoms with van der Waals surface area (Å²) < 4.78 is 90.5. The molecule has 0 saturated heterocycles. The number of hydrogen-bond acceptors (Lipinski definition) is 4. The van der Waals surface area contributed by atoms with Gasteiger partial charge in [0.15, 0.2) is 5.58 Å². The predicted molar refractivity (Wildman–Crippen MR) is 486 cm³/mol. The van der Waals surface area contributed by atoms with Gasteiger partial charge in [-0.3, -0.25) is 0 Å². The Kier molecular flexibility index (Phi) is 13.4. The highest BCUT2D eigenvalue weighted by atomic mass is 32.1. The molecule has 5 nitrogen and oxygen atoms in total. The Morgan fingerprint density at radius 3 is 1.44 bits per heavy atom. The summed E-state index contributed by atoms with van der Waals surface area (Å²) in [4.78, 5) is 4.91. The standard InChI is InChI=1S/C106H87BN4OS/c1-103(2,3)69-46-52-91-84(59-69)85-60-70(104(4,5)6)47-53-92(85)109(91)74-62-96-99-97(63-74)111(93-42-27-37-79-78-35-25-36-80(100(78)112-101(79)93)82-39-26-38-81-77-34-21-24-43-98(77)113-102(81)82)94-57-67(68-54-71(105(7,8)9)58-72(55-68)106(10,11)12)44-49-86(94)107(99)87-50-48-73(108-88-40-22-19-32-75(88)76-33-20-23-41-89(76)108)61-95(87)110(96)90-51-45-66(64-28-15-13-16-29-64)56-83(90)65-30-17-14-18-31-65/h13-63H,1-12H3/i19D,20D,22D,23D,32D,33D,40D,41D.